The van der Waals surface area contributed by atoms with Gasteiger partial charge in [0.2, 0.25) is 0 Å². The molecule has 0 unspecified atom stereocenters. The van der Waals surface area contributed by atoms with Crippen LogP contribution in [0.5, 0.6) is 0 Å². The normalized spacial score (nSPS) is 25.2. The Labute approximate surface area is 90.0 Å². The average molecular weight is 213 g/mol. The van der Waals surface area contributed by atoms with Crippen molar-refractivity contribution in [2.24, 2.45) is 0 Å². The van der Waals surface area contributed by atoms with Crippen molar-refractivity contribution in [1.82, 2.24) is 15.1 Å². The number of amides is 2. The van der Waals surface area contributed by atoms with E-state index in [1.54, 1.807) is 0 Å². The second-order valence-corrected chi connectivity index (χ2v) is 4.51. The van der Waals surface area contributed by atoms with Crippen molar-refractivity contribution in [3.63, 3.8) is 0 Å². The maximum Gasteiger partial charge on any atom is 0.317 e. The number of carbonyl (C=O) groups excluding carboxylic acids is 1. The van der Waals surface area contributed by atoms with Crippen LogP contribution in [0.25, 0.3) is 0 Å². The largest absolute Gasteiger partial charge is 0.387 e. The highest BCUT2D eigenvalue weighted by molar-refractivity contribution is 5.76. The number of urea groups is 1. The molecule has 2 N–H and O–H groups in total. The van der Waals surface area contributed by atoms with Crippen LogP contribution in [-0.2, 0) is 0 Å². The summed E-state index contributed by atoms with van der Waals surface area (Å²) in [5, 5.41) is 12.6. The van der Waals surface area contributed by atoms with Gasteiger partial charge in [-0.15, -0.1) is 0 Å². The molecule has 2 amide bonds. The van der Waals surface area contributed by atoms with E-state index in [0.29, 0.717) is 0 Å². The second kappa shape index (κ2) is 3.98. The van der Waals surface area contributed by atoms with E-state index in [4.69, 9.17) is 0 Å². The molecule has 2 aliphatic rings. The topological polar surface area (TPSA) is 55.8 Å². The summed E-state index contributed by atoms with van der Waals surface area (Å²) in [6.45, 7) is 6.72. The SMILES string of the molecule is CCC1(O)CN(CCN2CCNC2=O)C1. The van der Waals surface area contributed by atoms with E-state index < -0.39 is 5.60 Å². The Morgan fingerprint density at radius 3 is 2.73 bits per heavy atom. The number of aliphatic hydroxyl groups is 1. The maximum absolute atomic E-state index is 11.2. The molecule has 0 saturated carbocycles. The molecule has 0 radical (unpaired) electrons. The van der Waals surface area contributed by atoms with Crippen LogP contribution in [0.3, 0.4) is 0 Å². The van der Waals surface area contributed by atoms with Crippen LogP contribution in [0.2, 0.25) is 0 Å². The number of hydrogen-bond donors (Lipinski definition) is 2. The van der Waals surface area contributed by atoms with Gasteiger partial charge >= 0.3 is 6.03 Å². The molecule has 5 heteroatoms. The molecule has 2 aliphatic heterocycles. The Morgan fingerprint density at radius 2 is 2.20 bits per heavy atom. The van der Waals surface area contributed by atoms with E-state index in [2.05, 4.69) is 10.2 Å². The lowest BCUT2D eigenvalue weighted by Crippen LogP contribution is -2.62. The van der Waals surface area contributed by atoms with Crippen molar-refractivity contribution in [2.75, 3.05) is 39.3 Å². The van der Waals surface area contributed by atoms with Gasteiger partial charge < -0.3 is 15.3 Å². The number of carbonyl (C=O) groups is 1. The summed E-state index contributed by atoms with van der Waals surface area (Å²) in [4.78, 5) is 15.2. The minimum Gasteiger partial charge on any atom is -0.387 e. The van der Waals surface area contributed by atoms with Crippen LogP contribution < -0.4 is 5.32 Å². The summed E-state index contributed by atoms with van der Waals surface area (Å²) in [5.74, 6) is 0. The van der Waals surface area contributed by atoms with Crippen molar-refractivity contribution in [2.45, 2.75) is 18.9 Å². The monoisotopic (exact) mass is 213 g/mol. The molecule has 0 aromatic heterocycles. The lowest BCUT2D eigenvalue weighted by Gasteiger charge is -2.46. The third-order valence-corrected chi connectivity index (χ3v) is 3.33. The van der Waals surface area contributed by atoms with E-state index in [9.17, 15) is 9.90 Å². The van der Waals surface area contributed by atoms with Gasteiger partial charge in [0.15, 0.2) is 0 Å². The zero-order chi connectivity index (χ0) is 10.9. The number of rotatable bonds is 4. The molecule has 2 saturated heterocycles. The number of likely N-dealkylation sites (tertiary alicyclic amines) is 1. The molecule has 86 valence electrons. The van der Waals surface area contributed by atoms with Crippen LogP contribution >= 0.6 is 0 Å². The van der Waals surface area contributed by atoms with Crippen molar-refractivity contribution >= 4 is 6.03 Å². The van der Waals surface area contributed by atoms with Crippen molar-refractivity contribution in [3.05, 3.63) is 0 Å². The van der Waals surface area contributed by atoms with E-state index in [1.807, 2.05) is 11.8 Å². The minimum atomic E-state index is -0.465. The quantitative estimate of drug-likeness (QED) is 0.660. The predicted molar refractivity (Wildman–Crippen MR) is 56.7 cm³/mol. The van der Waals surface area contributed by atoms with Crippen LogP contribution in [-0.4, -0.2) is 65.8 Å². The van der Waals surface area contributed by atoms with Gasteiger partial charge in [0.25, 0.3) is 0 Å². The molecule has 5 nitrogen and oxygen atoms in total. The molecule has 0 aromatic rings. The maximum atomic E-state index is 11.2. The summed E-state index contributed by atoms with van der Waals surface area (Å²) in [6.07, 6.45) is 0.813. The van der Waals surface area contributed by atoms with Crippen LogP contribution in [0.4, 0.5) is 4.79 Å². The molecule has 15 heavy (non-hydrogen) atoms. The first kappa shape index (κ1) is 10.7. The summed E-state index contributed by atoms with van der Waals surface area (Å²) >= 11 is 0. The average Bonchev–Trinajstić information content (AvgIpc) is 2.57. The van der Waals surface area contributed by atoms with E-state index >= 15 is 0 Å². The number of nitrogens with zero attached hydrogens (tertiary/aromatic N) is 2. The molecule has 2 heterocycles. The third kappa shape index (κ3) is 2.23. The number of hydrogen-bond acceptors (Lipinski definition) is 3. The number of β-amino-alcohol motifs (C(OH)–C–C–N with tert-alkyl or cyclic N) is 1. The smallest absolute Gasteiger partial charge is 0.317 e. The van der Waals surface area contributed by atoms with E-state index in [0.717, 1.165) is 45.7 Å². The van der Waals surface area contributed by atoms with Crippen LogP contribution in [0.15, 0.2) is 0 Å². The minimum absolute atomic E-state index is 0.0428. The fraction of sp³-hybridized carbons (Fsp3) is 0.900. The van der Waals surface area contributed by atoms with Crippen molar-refractivity contribution < 1.29 is 9.90 Å². The summed E-state index contributed by atoms with van der Waals surface area (Å²) in [7, 11) is 0. The molecule has 0 bridgehead atoms. The molecule has 2 rings (SSSR count). The van der Waals surface area contributed by atoms with Crippen LogP contribution in [0, 0.1) is 0 Å². The fourth-order valence-corrected chi connectivity index (χ4v) is 2.15. The first-order valence-corrected chi connectivity index (χ1v) is 5.60. The fourth-order valence-electron chi connectivity index (χ4n) is 2.15. The van der Waals surface area contributed by atoms with E-state index in [-0.39, 0.29) is 6.03 Å². The predicted octanol–water partition coefficient (Wildman–Crippen LogP) is -0.532. The summed E-state index contributed by atoms with van der Waals surface area (Å²) in [5.41, 5.74) is -0.465. The van der Waals surface area contributed by atoms with Gasteiger partial charge in [-0.3, -0.25) is 4.90 Å². The Hall–Kier alpha value is -0.810. The highest BCUT2D eigenvalue weighted by atomic mass is 16.3. The molecule has 2 fully saturated rings. The number of nitrogens with one attached hydrogen (secondary N) is 1. The van der Waals surface area contributed by atoms with Crippen molar-refractivity contribution in [1.29, 1.82) is 0 Å². The van der Waals surface area contributed by atoms with Gasteiger partial charge in [0.1, 0.15) is 0 Å². The van der Waals surface area contributed by atoms with Gasteiger partial charge in [-0.2, -0.15) is 0 Å². The molecular weight excluding hydrogens is 194 g/mol. The lowest BCUT2D eigenvalue weighted by molar-refractivity contribution is -0.0998. The highest BCUT2D eigenvalue weighted by Gasteiger charge is 2.39. The zero-order valence-electron chi connectivity index (χ0n) is 9.20. The van der Waals surface area contributed by atoms with Gasteiger partial charge in [-0.1, -0.05) is 6.92 Å². The summed E-state index contributed by atoms with van der Waals surface area (Å²) in [6, 6.07) is 0.0428. The van der Waals surface area contributed by atoms with Gasteiger partial charge in [-0.25, -0.2) is 4.79 Å². The second-order valence-electron chi connectivity index (χ2n) is 4.51. The zero-order valence-corrected chi connectivity index (χ0v) is 9.20. The Bertz CT molecular complexity index is 251. The van der Waals surface area contributed by atoms with Crippen molar-refractivity contribution in [3.8, 4) is 0 Å². The van der Waals surface area contributed by atoms with Gasteiger partial charge in [-0.05, 0) is 6.42 Å². The Kier molecular flexibility index (Phi) is 2.84. The molecule has 0 spiro atoms. The molecule has 0 aliphatic carbocycles. The standard InChI is InChI=1S/C10H19N3O2/c1-2-10(15)7-12(8-10)5-6-13-4-3-11-9(13)14/h15H,2-8H2,1H3,(H,11,14). The third-order valence-electron chi connectivity index (χ3n) is 3.33. The lowest BCUT2D eigenvalue weighted by atomic mass is 9.91. The van der Waals surface area contributed by atoms with Gasteiger partial charge in [0, 0.05) is 39.3 Å². The Morgan fingerprint density at radius 1 is 1.47 bits per heavy atom. The van der Waals surface area contributed by atoms with E-state index in [1.165, 1.54) is 0 Å². The van der Waals surface area contributed by atoms with Crippen LogP contribution in [0.1, 0.15) is 13.3 Å². The Balaban J connectivity index is 1.66. The highest BCUT2D eigenvalue weighted by Crippen LogP contribution is 2.23. The summed E-state index contributed by atoms with van der Waals surface area (Å²) < 4.78 is 0. The first-order chi connectivity index (χ1) is 7.13. The van der Waals surface area contributed by atoms with Gasteiger partial charge in [0.05, 0.1) is 5.60 Å². The molecule has 0 atom stereocenters. The first-order valence-electron chi connectivity index (χ1n) is 5.60. The molecular formula is C10H19N3O2. The molecule has 0 aromatic carbocycles.